The van der Waals surface area contributed by atoms with Crippen LogP contribution in [-0.2, 0) is 0 Å². The van der Waals surface area contributed by atoms with Crippen molar-refractivity contribution in [1.82, 2.24) is 5.32 Å². The summed E-state index contributed by atoms with van der Waals surface area (Å²) in [5.41, 5.74) is 1.27. The molecule has 0 radical (unpaired) electrons. The summed E-state index contributed by atoms with van der Waals surface area (Å²) < 4.78 is 5.74. The molecule has 0 amide bonds. The van der Waals surface area contributed by atoms with Gasteiger partial charge in [-0.1, -0.05) is 31.5 Å². The first kappa shape index (κ1) is 15.0. The van der Waals surface area contributed by atoms with E-state index < -0.39 is 0 Å². The molecule has 0 bridgehead atoms. The van der Waals surface area contributed by atoms with Crippen molar-refractivity contribution in [2.45, 2.75) is 46.6 Å². The highest BCUT2D eigenvalue weighted by atomic mass is 16.5. The molecule has 2 nitrogen and oxygen atoms in total. The van der Waals surface area contributed by atoms with Crippen LogP contribution in [0.25, 0.3) is 0 Å². The van der Waals surface area contributed by atoms with Crippen molar-refractivity contribution in [2.75, 3.05) is 13.2 Å². The summed E-state index contributed by atoms with van der Waals surface area (Å²) in [7, 11) is 0. The van der Waals surface area contributed by atoms with E-state index in [-0.39, 0.29) is 0 Å². The number of hydrogen-bond acceptors (Lipinski definition) is 2. The zero-order chi connectivity index (χ0) is 13.4. The molecule has 102 valence electrons. The third-order valence-electron chi connectivity index (χ3n) is 2.97. The van der Waals surface area contributed by atoms with Crippen LogP contribution in [0.1, 0.15) is 39.2 Å². The molecule has 0 spiro atoms. The molecule has 0 saturated heterocycles. The molecule has 2 heteroatoms. The van der Waals surface area contributed by atoms with Crippen molar-refractivity contribution >= 4 is 0 Å². The van der Waals surface area contributed by atoms with Crippen LogP contribution in [0, 0.1) is 12.8 Å². The molecular formula is C16H27NO. The van der Waals surface area contributed by atoms with Crippen LogP contribution in [0.5, 0.6) is 5.75 Å². The van der Waals surface area contributed by atoms with Gasteiger partial charge >= 0.3 is 0 Å². The molecule has 0 aliphatic heterocycles. The first-order valence-electron chi connectivity index (χ1n) is 7.00. The van der Waals surface area contributed by atoms with E-state index in [1.54, 1.807) is 0 Å². The van der Waals surface area contributed by atoms with Crippen molar-refractivity contribution in [3.8, 4) is 5.75 Å². The summed E-state index contributed by atoms with van der Waals surface area (Å²) >= 11 is 0. The lowest BCUT2D eigenvalue weighted by molar-refractivity contribution is 0.272. The largest absolute Gasteiger partial charge is 0.492 e. The maximum Gasteiger partial charge on any atom is 0.119 e. The molecule has 1 N–H and O–H groups in total. The Morgan fingerprint density at radius 1 is 1.11 bits per heavy atom. The first-order chi connectivity index (χ1) is 8.58. The highest BCUT2D eigenvalue weighted by Gasteiger charge is 2.02. The Morgan fingerprint density at radius 2 is 1.78 bits per heavy atom. The van der Waals surface area contributed by atoms with Crippen LogP contribution in [0.2, 0.25) is 0 Å². The number of aryl methyl sites for hydroxylation is 1. The zero-order valence-corrected chi connectivity index (χ0v) is 12.2. The Labute approximate surface area is 112 Å². The van der Waals surface area contributed by atoms with Crippen LogP contribution in [0.4, 0.5) is 0 Å². The number of nitrogens with one attached hydrogen (secondary N) is 1. The highest BCUT2D eigenvalue weighted by Crippen LogP contribution is 2.11. The molecule has 0 saturated carbocycles. The molecule has 0 aromatic heterocycles. The van der Waals surface area contributed by atoms with Gasteiger partial charge in [0, 0.05) is 6.04 Å². The summed E-state index contributed by atoms with van der Waals surface area (Å²) in [4.78, 5) is 0. The number of ether oxygens (including phenoxy) is 1. The molecule has 1 unspecified atom stereocenters. The Hall–Kier alpha value is -1.02. The monoisotopic (exact) mass is 249 g/mol. The van der Waals surface area contributed by atoms with Crippen LogP contribution >= 0.6 is 0 Å². The van der Waals surface area contributed by atoms with Crippen LogP contribution in [-0.4, -0.2) is 19.2 Å². The lowest BCUT2D eigenvalue weighted by Gasteiger charge is -2.15. The molecule has 1 aromatic carbocycles. The van der Waals surface area contributed by atoms with E-state index in [4.69, 9.17) is 4.74 Å². The Bertz CT molecular complexity index is 318. The van der Waals surface area contributed by atoms with Gasteiger partial charge in [-0.15, -0.1) is 0 Å². The summed E-state index contributed by atoms with van der Waals surface area (Å²) in [6.45, 7) is 10.6. The maximum atomic E-state index is 5.74. The van der Waals surface area contributed by atoms with Gasteiger partial charge in [-0.2, -0.15) is 0 Å². The van der Waals surface area contributed by atoms with Crippen molar-refractivity contribution in [3.63, 3.8) is 0 Å². The molecule has 0 aliphatic rings. The number of hydrogen-bond donors (Lipinski definition) is 1. The van der Waals surface area contributed by atoms with E-state index in [0.717, 1.165) is 24.8 Å². The summed E-state index contributed by atoms with van der Waals surface area (Å²) in [5, 5.41) is 3.49. The lowest BCUT2D eigenvalue weighted by Crippen LogP contribution is -2.32. The minimum absolute atomic E-state index is 0.401. The summed E-state index contributed by atoms with van der Waals surface area (Å²) in [6, 6.07) is 8.62. The van der Waals surface area contributed by atoms with Crippen molar-refractivity contribution in [2.24, 2.45) is 5.92 Å². The van der Waals surface area contributed by atoms with Crippen molar-refractivity contribution in [1.29, 1.82) is 0 Å². The Morgan fingerprint density at radius 3 is 2.39 bits per heavy atom. The van der Waals surface area contributed by atoms with Gasteiger partial charge in [0.05, 0.1) is 0 Å². The average molecular weight is 249 g/mol. The van der Waals surface area contributed by atoms with E-state index in [9.17, 15) is 0 Å². The highest BCUT2D eigenvalue weighted by molar-refractivity contribution is 5.26. The minimum atomic E-state index is 0.401. The second kappa shape index (κ2) is 8.15. The topological polar surface area (TPSA) is 21.3 Å². The SMILES string of the molecule is Cc1ccc(OCC(C)NCCCC(C)C)cc1. The normalized spacial score (nSPS) is 12.7. The van der Waals surface area contributed by atoms with E-state index in [0.29, 0.717) is 6.04 Å². The Balaban J connectivity index is 2.13. The van der Waals surface area contributed by atoms with Gasteiger partial charge in [0.2, 0.25) is 0 Å². The molecule has 0 heterocycles. The third-order valence-corrected chi connectivity index (χ3v) is 2.97. The van der Waals surface area contributed by atoms with Gasteiger partial charge in [-0.25, -0.2) is 0 Å². The van der Waals surface area contributed by atoms with Crippen molar-refractivity contribution in [3.05, 3.63) is 29.8 Å². The fourth-order valence-corrected chi connectivity index (χ4v) is 1.77. The molecule has 1 rings (SSSR count). The fraction of sp³-hybridized carbons (Fsp3) is 0.625. The predicted molar refractivity (Wildman–Crippen MR) is 78.2 cm³/mol. The van der Waals surface area contributed by atoms with Gasteiger partial charge < -0.3 is 10.1 Å². The van der Waals surface area contributed by atoms with Crippen LogP contribution in [0.15, 0.2) is 24.3 Å². The maximum absolute atomic E-state index is 5.74. The van der Waals surface area contributed by atoms with Gasteiger partial charge in [0.1, 0.15) is 12.4 Å². The van der Waals surface area contributed by atoms with Gasteiger partial charge in [-0.3, -0.25) is 0 Å². The first-order valence-corrected chi connectivity index (χ1v) is 7.00. The molecule has 1 aromatic rings. The van der Waals surface area contributed by atoms with Gasteiger partial charge in [0.15, 0.2) is 0 Å². The quantitative estimate of drug-likeness (QED) is 0.708. The lowest BCUT2D eigenvalue weighted by atomic mass is 10.1. The standard InChI is InChI=1S/C16H27NO/c1-13(2)6-5-11-17-15(4)12-18-16-9-7-14(3)8-10-16/h7-10,13,15,17H,5-6,11-12H2,1-4H3. The molecule has 18 heavy (non-hydrogen) atoms. The summed E-state index contributed by atoms with van der Waals surface area (Å²) in [6.07, 6.45) is 2.53. The van der Waals surface area contributed by atoms with E-state index >= 15 is 0 Å². The second-order valence-electron chi connectivity index (χ2n) is 5.52. The third kappa shape index (κ3) is 6.65. The van der Waals surface area contributed by atoms with Gasteiger partial charge in [-0.05, 0) is 51.3 Å². The Kier molecular flexibility index (Phi) is 6.81. The van der Waals surface area contributed by atoms with Gasteiger partial charge in [0.25, 0.3) is 0 Å². The number of benzene rings is 1. The second-order valence-corrected chi connectivity index (χ2v) is 5.52. The molecule has 0 aliphatic carbocycles. The van der Waals surface area contributed by atoms with Crippen LogP contribution < -0.4 is 10.1 Å². The van der Waals surface area contributed by atoms with E-state index in [2.05, 4.69) is 45.1 Å². The average Bonchev–Trinajstić information content (AvgIpc) is 2.34. The van der Waals surface area contributed by atoms with E-state index in [1.165, 1.54) is 18.4 Å². The minimum Gasteiger partial charge on any atom is -0.492 e. The summed E-state index contributed by atoms with van der Waals surface area (Å²) in [5.74, 6) is 1.75. The fourth-order valence-electron chi connectivity index (χ4n) is 1.77. The molecule has 0 fully saturated rings. The predicted octanol–water partition coefficient (Wildman–Crippen LogP) is 3.79. The smallest absolute Gasteiger partial charge is 0.119 e. The zero-order valence-electron chi connectivity index (χ0n) is 12.2. The molecular weight excluding hydrogens is 222 g/mol. The number of rotatable bonds is 8. The van der Waals surface area contributed by atoms with Crippen molar-refractivity contribution < 1.29 is 4.74 Å². The molecule has 1 atom stereocenters. The van der Waals surface area contributed by atoms with Crippen LogP contribution in [0.3, 0.4) is 0 Å². The van der Waals surface area contributed by atoms with E-state index in [1.807, 2.05) is 12.1 Å².